The van der Waals surface area contributed by atoms with Gasteiger partial charge >= 0.3 is 5.97 Å². The van der Waals surface area contributed by atoms with Crippen molar-refractivity contribution in [3.63, 3.8) is 0 Å². The Balaban J connectivity index is 2.81. The van der Waals surface area contributed by atoms with E-state index in [0.29, 0.717) is 12.1 Å². The zero-order valence-electron chi connectivity index (χ0n) is 9.24. The average Bonchev–Trinajstić information content (AvgIpc) is 2.25. The third-order valence-electron chi connectivity index (χ3n) is 2.03. The number of carboxylic acids is 1. The molecule has 1 aromatic rings. The van der Waals surface area contributed by atoms with Crippen molar-refractivity contribution in [3.05, 3.63) is 40.4 Å². The SMILES string of the molecule is CC(=O)NCC=Cc1cccc(C(=O)O)c1Cl. The maximum atomic E-state index is 10.8. The van der Waals surface area contributed by atoms with Gasteiger partial charge in [0.2, 0.25) is 5.91 Å². The van der Waals surface area contributed by atoms with Gasteiger partial charge in [-0.3, -0.25) is 4.79 Å². The molecule has 0 aliphatic rings. The summed E-state index contributed by atoms with van der Waals surface area (Å²) in [6.45, 7) is 1.80. The minimum absolute atomic E-state index is 0.0633. The first-order valence-corrected chi connectivity index (χ1v) is 5.33. The Bertz CT molecular complexity index is 469. The molecule has 0 spiro atoms. The molecular weight excluding hydrogens is 242 g/mol. The lowest BCUT2D eigenvalue weighted by Crippen LogP contribution is -2.19. The number of hydrogen-bond donors (Lipinski definition) is 2. The van der Waals surface area contributed by atoms with Crippen molar-refractivity contribution < 1.29 is 14.7 Å². The van der Waals surface area contributed by atoms with Gasteiger partial charge in [0.25, 0.3) is 0 Å². The van der Waals surface area contributed by atoms with Gasteiger partial charge in [-0.05, 0) is 11.6 Å². The van der Waals surface area contributed by atoms with E-state index in [-0.39, 0.29) is 16.5 Å². The van der Waals surface area contributed by atoms with Crippen LogP contribution in [0.4, 0.5) is 0 Å². The molecule has 0 aliphatic heterocycles. The van der Waals surface area contributed by atoms with Gasteiger partial charge in [0.15, 0.2) is 0 Å². The fourth-order valence-corrected chi connectivity index (χ4v) is 1.50. The van der Waals surface area contributed by atoms with Crippen LogP contribution in [0.1, 0.15) is 22.8 Å². The van der Waals surface area contributed by atoms with E-state index in [4.69, 9.17) is 16.7 Å². The molecule has 17 heavy (non-hydrogen) atoms. The number of carbonyl (C=O) groups excluding carboxylic acids is 1. The fraction of sp³-hybridized carbons (Fsp3) is 0.167. The van der Waals surface area contributed by atoms with Crippen LogP contribution in [-0.4, -0.2) is 23.5 Å². The largest absolute Gasteiger partial charge is 0.478 e. The molecule has 0 heterocycles. The summed E-state index contributed by atoms with van der Waals surface area (Å²) in [7, 11) is 0. The predicted molar refractivity (Wildman–Crippen MR) is 66.1 cm³/mol. The van der Waals surface area contributed by atoms with Crippen molar-refractivity contribution in [2.45, 2.75) is 6.92 Å². The van der Waals surface area contributed by atoms with E-state index in [0.717, 1.165) is 0 Å². The van der Waals surface area contributed by atoms with Gasteiger partial charge in [-0.1, -0.05) is 35.9 Å². The molecule has 0 saturated heterocycles. The molecule has 1 aromatic carbocycles. The minimum Gasteiger partial charge on any atom is -0.478 e. The van der Waals surface area contributed by atoms with Gasteiger partial charge in [0.05, 0.1) is 10.6 Å². The molecule has 5 heteroatoms. The summed E-state index contributed by atoms with van der Waals surface area (Å²) in [5, 5.41) is 11.6. The van der Waals surface area contributed by atoms with Gasteiger partial charge in [-0.25, -0.2) is 4.79 Å². The molecule has 0 fully saturated rings. The molecular formula is C12H12ClNO3. The Labute approximate surface area is 104 Å². The second-order valence-corrected chi connectivity index (χ2v) is 3.73. The first-order chi connectivity index (χ1) is 8.02. The smallest absolute Gasteiger partial charge is 0.337 e. The van der Waals surface area contributed by atoms with Crippen LogP contribution in [0.2, 0.25) is 5.02 Å². The van der Waals surface area contributed by atoms with Gasteiger partial charge in [0.1, 0.15) is 0 Å². The number of rotatable bonds is 4. The zero-order valence-corrected chi connectivity index (χ0v) is 9.99. The first-order valence-electron chi connectivity index (χ1n) is 4.95. The summed E-state index contributed by atoms with van der Waals surface area (Å²) in [6.07, 6.45) is 3.37. The van der Waals surface area contributed by atoms with Gasteiger partial charge in [0, 0.05) is 13.5 Å². The minimum atomic E-state index is -1.06. The standard InChI is InChI=1S/C12H12ClNO3/c1-8(15)14-7-3-5-9-4-2-6-10(11(9)13)12(16)17/h2-6H,7H2,1H3,(H,14,15)(H,16,17). The number of hydrogen-bond acceptors (Lipinski definition) is 2. The summed E-state index contributed by atoms with van der Waals surface area (Å²) in [5.41, 5.74) is 0.672. The third-order valence-corrected chi connectivity index (χ3v) is 2.45. The van der Waals surface area contributed by atoms with Crippen LogP contribution in [-0.2, 0) is 4.79 Å². The molecule has 0 aromatic heterocycles. The van der Waals surface area contributed by atoms with E-state index < -0.39 is 5.97 Å². The predicted octanol–water partition coefficient (Wildman–Crippen LogP) is 2.19. The summed E-state index contributed by atoms with van der Waals surface area (Å²) in [4.78, 5) is 21.4. The lowest BCUT2D eigenvalue weighted by molar-refractivity contribution is -0.118. The summed E-state index contributed by atoms with van der Waals surface area (Å²) < 4.78 is 0. The van der Waals surface area contributed by atoms with Crippen LogP contribution in [0.5, 0.6) is 0 Å². The normalized spacial score (nSPS) is 10.5. The lowest BCUT2D eigenvalue weighted by atomic mass is 10.1. The maximum Gasteiger partial charge on any atom is 0.337 e. The number of carboxylic acid groups (broad SMARTS) is 1. The van der Waals surface area contributed by atoms with E-state index in [1.54, 1.807) is 24.3 Å². The molecule has 0 aliphatic carbocycles. The Morgan fingerprint density at radius 2 is 2.18 bits per heavy atom. The molecule has 0 radical (unpaired) electrons. The Hall–Kier alpha value is -1.81. The molecule has 1 rings (SSSR count). The van der Waals surface area contributed by atoms with Gasteiger partial charge in [-0.15, -0.1) is 0 Å². The monoisotopic (exact) mass is 253 g/mol. The summed E-state index contributed by atoms with van der Waals surface area (Å²) in [5.74, 6) is -1.19. The summed E-state index contributed by atoms with van der Waals surface area (Å²) >= 11 is 5.93. The Kier molecular flexibility index (Phi) is 4.72. The van der Waals surface area contributed by atoms with Gasteiger partial charge < -0.3 is 10.4 Å². The molecule has 90 valence electrons. The first kappa shape index (κ1) is 13.3. The van der Waals surface area contributed by atoms with E-state index in [9.17, 15) is 9.59 Å². The Morgan fingerprint density at radius 1 is 1.47 bits per heavy atom. The quantitative estimate of drug-likeness (QED) is 0.864. The molecule has 0 atom stereocenters. The number of aromatic carboxylic acids is 1. The van der Waals surface area contributed by atoms with Crippen molar-refractivity contribution in [2.75, 3.05) is 6.54 Å². The molecule has 0 unspecified atom stereocenters. The van der Waals surface area contributed by atoms with Crippen molar-refractivity contribution in [1.29, 1.82) is 0 Å². The third kappa shape index (κ3) is 3.92. The average molecular weight is 254 g/mol. The van der Waals surface area contributed by atoms with Gasteiger partial charge in [-0.2, -0.15) is 0 Å². The van der Waals surface area contributed by atoms with Crippen LogP contribution in [0.3, 0.4) is 0 Å². The topological polar surface area (TPSA) is 66.4 Å². The van der Waals surface area contributed by atoms with Crippen molar-refractivity contribution in [2.24, 2.45) is 0 Å². The van der Waals surface area contributed by atoms with E-state index in [2.05, 4.69) is 5.32 Å². The van der Waals surface area contributed by atoms with Crippen LogP contribution in [0.25, 0.3) is 6.08 Å². The molecule has 0 bridgehead atoms. The van der Waals surface area contributed by atoms with Crippen LogP contribution in [0.15, 0.2) is 24.3 Å². The Morgan fingerprint density at radius 3 is 2.76 bits per heavy atom. The van der Waals surface area contributed by atoms with Crippen LogP contribution in [0, 0.1) is 0 Å². The van der Waals surface area contributed by atoms with E-state index >= 15 is 0 Å². The zero-order chi connectivity index (χ0) is 12.8. The highest BCUT2D eigenvalue weighted by atomic mass is 35.5. The van der Waals surface area contributed by atoms with Crippen LogP contribution >= 0.6 is 11.6 Å². The van der Waals surface area contributed by atoms with Crippen LogP contribution < -0.4 is 5.32 Å². The fourth-order valence-electron chi connectivity index (χ4n) is 1.23. The van der Waals surface area contributed by atoms with E-state index in [1.807, 2.05) is 0 Å². The second-order valence-electron chi connectivity index (χ2n) is 3.35. The molecule has 2 N–H and O–H groups in total. The van der Waals surface area contributed by atoms with Crippen molar-refractivity contribution in [3.8, 4) is 0 Å². The summed E-state index contributed by atoms with van der Waals surface area (Å²) in [6, 6.07) is 4.77. The van der Waals surface area contributed by atoms with Crippen molar-refractivity contribution >= 4 is 29.6 Å². The van der Waals surface area contributed by atoms with Crippen molar-refractivity contribution in [1.82, 2.24) is 5.32 Å². The number of halogens is 1. The molecule has 0 saturated carbocycles. The highest BCUT2D eigenvalue weighted by Crippen LogP contribution is 2.22. The van der Waals surface area contributed by atoms with E-state index in [1.165, 1.54) is 13.0 Å². The number of carbonyl (C=O) groups is 2. The number of nitrogens with one attached hydrogen (secondary N) is 1. The molecule has 1 amide bonds. The molecule has 4 nitrogen and oxygen atoms in total. The number of benzene rings is 1. The second kappa shape index (κ2) is 6.06. The highest BCUT2D eigenvalue weighted by molar-refractivity contribution is 6.34. The highest BCUT2D eigenvalue weighted by Gasteiger charge is 2.09. The number of amides is 1. The lowest BCUT2D eigenvalue weighted by Gasteiger charge is -2.02. The maximum absolute atomic E-state index is 10.8.